The van der Waals surface area contributed by atoms with Crippen molar-refractivity contribution in [2.75, 3.05) is 5.32 Å². The van der Waals surface area contributed by atoms with Crippen molar-refractivity contribution >= 4 is 16.7 Å². The summed E-state index contributed by atoms with van der Waals surface area (Å²) in [5.74, 6) is 1.03. The van der Waals surface area contributed by atoms with Crippen LogP contribution in [0.2, 0.25) is 0 Å². The quantitative estimate of drug-likeness (QED) is 0.793. The van der Waals surface area contributed by atoms with Crippen molar-refractivity contribution in [3.8, 4) is 0 Å². The van der Waals surface area contributed by atoms with Gasteiger partial charge >= 0.3 is 0 Å². The van der Waals surface area contributed by atoms with E-state index in [0.29, 0.717) is 12.0 Å². The Bertz CT molecular complexity index is 797. The monoisotopic (exact) mass is 279 g/mol. The summed E-state index contributed by atoms with van der Waals surface area (Å²) in [6, 6.07) is 15.1. The molecule has 1 aromatic heterocycles. The summed E-state index contributed by atoms with van der Waals surface area (Å²) in [6.07, 6.45) is 2.58. The molecule has 3 nitrogen and oxygen atoms in total. The zero-order chi connectivity index (χ0) is 14.2. The van der Waals surface area contributed by atoms with E-state index in [2.05, 4.69) is 15.3 Å². The Labute approximate surface area is 121 Å². The third kappa shape index (κ3) is 2.33. The van der Waals surface area contributed by atoms with E-state index in [1.54, 1.807) is 18.5 Å². The average Bonchev–Trinajstić information content (AvgIpc) is 3.27. The Morgan fingerprint density at radius 1 is 1.05 bits per heavy atom. The number of nitrogens with one attached hydrogen (secondary N) is 1. The van der Waals surface area contributed by atoms with E-state index in [4.69, 9.17) is 0 Å². The number of hydrogen-bond donors (Lipinski definition) is 1. The lowest BCUT2D eigenvalue weighted by molar-refractivity contribution is 0.625. The summed E-state index contributed by atoms with van der Waals surface area (Å²) in [5.41, 5.74) is 1.98. The van der Waals surface area contributed by atoms with Crippen LogP contribution in [-0.2, 0) is 0 Å². The van der Waals surface area contributed by atoms with E-state index in [-0.39, 0.29) is 5.82 Å². The molecule has 4 heteroatoms. The molecule has 1 aliphatic rings. The first kappa shape index (κ1) is 12.3. The second kappa shape index (κ2) is 4.81. The molecule has 0 bridgehead atoms. The molecule has 21 heavy (non-hydrogen) atoms. The molecule has 0 unspecified atom stereocenters. The van der Waals surface area contributed by atoms with E-state index < -0.39 is 0 Å². The first-order valence-corrected chi connectivity index (χ1v) is 7.03. The van der Waals surface area contributed by atoms with Crippen molar-refractivity contribution in [3.63, 3.8) is 0 Å². The van der Waals surface area contributed by atoms with Crippen LogP contribution in [0.1, 0.15) is 17.9 Å². The molecule has 1 fully saturated rings. The van der Waals surface area contributed by atoms with Gasteiger partial charge in [0.25, 0.3) is 0 Å². The summed E-state index contributed by atoms with van der Waals surface area (Å²) < 4.78 is 13.3. The number of para-hydroxylation sites is 1. The van der Waals surface area contributed by atoms with Crippen LogP contribution in [0, 0.1) is 5.82 Å². The first-order valence-electron chi connectivity index (χ1n) is 7.03. The van der Waals surface area contributed by atoms with Crippen molar-refractivity contribution in [3.05, 3.63) is 66.2 Å². The summed E-state index contributed by atoms with van der Waals surface area (Å²) >= 11 is 0. The zero-order valence-corrected chi connectivity index (χ0v) is 11.3. The largest absolute Gasteiger partial charge is 0.366 e. The van der Waals surface area contributed by atoms with Crippen molar-refractivity contribution in [2.45, 2.75) is 18.4 Å². The number of aromatic nitrogens is 2. The molecule has 1 heterocycles. The van der Waals surface area contributed by atoms with Gasteiger partial charge in [0.2, 0.25) is 0 Å². The third-order valence-corrected chi connectivity index (χ3v) is 3.93. The molecule has 1 N–H and O–H groups in total. The normalized spacial score (nSPS) is 20.4. The minimum Gasteiger partial charge on any atom is -0.366 e. The minimum absolute atomic E-state index is 0.175. The maximum Gasteiger partial charge on any atom is 0.137 e. The maximum absolute atomic E-state index is 13.3. The van der Waals surface area contributed by atoms with E-state index in [1.807, 2.05) is 30.3 Å². The maximum atomic E-state index is 13.3. The molecule has 0 radical (unpaired) electrons. The van der Waals surface area contributed by atoms with E-state index in [1.165, 1.54) is 6.07 Å². The van der Waals surface area contributed by atoms with Gasteiger partial charge in [0, 0.05) is 17.3 Å². The van der Waals surface area contributed by atoms with Crippen molar-refractivity contribution in [1.82, 2.24) is 9.97 Å². The zero-order valence-electron chi connectivity index (χ0n) is 11.3. The van der Waals surface area contributed by atoms with Crippen LogP contribution < -0.4 is 5.32 Å². The van der Waals surface area contributed by atoms with Crippen LogP contribution in [0.3, 0.4) is 0 Å². The first-order chi connectivity index (χ1) is 10.3. The Morgan fingerprint density at radius 2 is 1.95 bits per heavy atom. The molecule has 2 atom stereocenters. The summed E-state index contributed by atoms with van der Waals surface area (Å²) in [7, 11) is 0. The highest BCUT2D eigenvalue weighted by Gasteiger charge is 2.38. The van der Waals surface area contributed by atoms with E-state index in [0.717, 1.165) is 28.7 Å². The molecule has 1 aliphatic carbocycles. The van der Waals surface area contributed by atoms with Gasteiger partial charge < -0.3 is 5.32 Å². The number of fused-ring (bicyclic) bond motifs is 1. The number of hydrogen-bond acceptors (Lipinski definition) is 3. The fourth-order valence-corrected chi connectivity index (χ4v) is 2.76. The Balaban J connectivity index is 1.57. The molecule has 0 aliphatic heterocycles. The predicted octanol–water partition coefficient (Wildman–Crippen LogP) is 3.74. The predicted molar refractivity (Wildman–Crippen MR) is 80.7 cm³/mol. The minimum atomic E-state index is -0.175. The standard InChI is InChI=1S/C17H14FN3/c18-12-5-3-4-11(8-12)14-9-16(14)21-17-13-6-1-2-7-15(13)19-10-20-17/h1-8,10,14,16H,9H2,(H,19,20,21)/t14-,16+/m0/s1. The van der Waals surface area contributed by atoms with Gasteiger partial charge in [-0.3, -0.25) is 0 Å². The highest BCUT2D eigenvalue weighted by molar-refractivity contribution is 5.88. The molecule has 104 valence electrons. The fourth-order valence-electron chi connectivity index (χ4n) is 2.76. The summed E-state index contributed by atoms with van der Waals surface area (Å²) in [4.78, 5) is 8.59. The molecular weight excluding hydrogens is 265 g/mol. The van der Waals surface area contributed by atoms with Crippen molar-refractivity contribution in [1.29, 1.82) is 0 Å². The molecule has 0 amide bonds. The molecule has 0 spiro atoms. The van der Waals surface area contributed by atoms with Gasteiger partial charge in [-0.1, -0.05) is 24.3 Å². The second-order valence-electron chi connectivity index (χ2n) is 5.39. The highest BCUT2D eigenvalue weighted by Crippen LogP contribution is 2.43. The topological polar surface area (TPSA) is 37.8 Å². The second-order valence-corrected chi connectivity index (χ2v) is 5.39. The van der Waals surface area contributed by atoms with Gasteiger partial charge in [-0.15, -0.1) is 0 Å². The SMILES string of the molecule is Fc1cccc([C@@H]2C[C@H]2Nc2ncnc3ccccc23)c1. The molecule has 3 aromatic rings. The molecule has 1 saturated carbocycles. The van der Waals surface area contributed by atoms with Crippen molar-refractivity contribution < 1.29 is 4.39 Å². The smallest absolute Gasteiger partial charge is 0.137 e. The van der Waals surface area contributed by atoms with Crippen LogP contribution in [0.15, 0.2) is 54.9 Å². The number of rotatable bonds is 3. The van der Waals surface area contributed by atoms with Gasteiger partial charge in [-0.2, -0.15) is 0 Å². The number of nitrogens with zero attached hydrogens (tertiary/aromatic N) is 2. The number of benzene rings is 2. The van der Waals surface area contributed by atoms with Crippen LogP contribution in [0.25, 0.3) is 10.9 Å². The van der Waals surface area contributed by atoms with Crippen LogP contribution in [0.4, 0.5) is 10.2 Å². The van der Waals surface area contributed by atoms with Crippen molar-refractivity contribution in [2.24, 2.45) is 0 Å². The lowest BCUT2D eigenvalue weighted by Crippen LogP contribution is -2.06. The molecule has 4 rings (SSSR count). The van der Waals surface area contributed by atoms with Gasteiger partial charge in [0.15, 0.2) is 0 Å². The summed E-state index contributed by atoms with van der Waals surface area (Å²) in [6.45, 7) is 0. The lowest BCUT2D eigenvalue weighted by Gasteiger charge is -2.08. The number of halogens is 1. The Morgan fingerprint density at radius 3 is 2.86 bits per heavy atom. The molecule has 2 aromatic carbocycles. The summed E-state index contributed by atoms with van der Waals surface area (Å²) in [5, 5.41) is 4.47. The van der Waals surface area contributed by atoms with Gasteiger partial charge in [0.1, 0.15) is 18.0 Å². The van der Waals surface area contributed by atoms with Crippen LogP contribution in [-0.4, -0.2) is 16.0 Å². The average molecular weight is 279 g/mol. The van der Waals surface area contributed by atoms with Gasteiger partial charge in [0.05, 0.1) is 5.52 Å². The van der Waals surface area contributed by atoms with E-state index >= 15 is 0 Å². The van der Waals surface area contributed by atoms with E-state index in [9.17, 15) is 4.39 Å². The highest BCUT2D eigenvalue weighted by atomic mass is 19.1. The Hall–Kier alpha value is -2.49. The van der Waals surface area contributed by atoms with Gasteiger partial charge in [-0.05, 0) is 36.2 Å². The third-order valence-electron chi connectivity index (χ3n) is 3.93. The van der Waals surface area contributed by atoms with Crippen LogP contribution in [0.5, 0.6) is 0 Å². The molecular formula is C17H14FN3. The Kier molecular flexibility index (Phi) is 2.81. The lowest BCUT2D eigenvalue weighted by atomic mass is 10.1. The van der Waals surface area contributed by atoms with Gasteiger partial charge in [-0.25, -0.2) is 14.4 Å². The number of anilines is 1. The fraction of sp³-hybridized carbons (Fsp3) is 0.176. The van der Waals surface area contributed by atoms with Crippen LogP contribution >= 0.6 is 0 Å². The molecule has 0 saturated heterocycles.